The lowest BCUT2D eigenvalue weighted by atomic mass is 10.2. The van der Waals surface area contributed by atoms with Gasteiger partial charge in [-0.2, -0.15) is 0 Å². The van der Waals surface area contributed by atoms with Crippen LogP contribution in [-0.2, 0) is 8.85 Å². The van der Waals surface area contributed by atoms with Crippen molar-refractivity contribution in [1.29, 1.82) is 0 Å². The molecule has 1 rings (SSSR count). The van der Waals surface area contributed by atoms with Crippen molar-refractivity contribution in [2.45, 2.75) is 19.9 Å². The number of rotatable bonds is 5. The zero-order chi connectivity index (χ0) is 11.6. The summed E-state index contributed by atoms with van der Waals surface area (Å²) >= 11 is 0. The van der Waals surface area contributed by atoms with Gasteiger partial charge in [0.05, 0.1) is 6.04 Å². The van der Waals surface area contributed by atoms with Gasteiger partial charge in [-0.1, -0.05) is 30.0 Å². The second-order valence-electron chi connectivity index (χ2n) is 3.21. The number of hydrogen-bond acceptors (Lipinski definition) is 2. The third kappa shape index (κ3) is 5.13. The van der Waals surface area contributed by atoms with E-state index in [2.05, 4.69) is 11.8 Å². The van der Waals surface area contributed by atoms with Crippen LogP contribution in [0, 0.1) is 11.8 Å². The normalized spacial score (nSPS) is 9.94. The van der Waals surface area contributed by atoms with E-state index in [9.17, 15) is 0 Å². The third-order valence-corrected chi connectivity index (χ3v) is 3.93. The summed E-state index contributed by atoms with van der Waals surface area (Å²) in [6.07, 6.45) is 0. The van der Waals surface area contributed by atoms with Gasteiger partial charge < -0.3 is 8.85 Å². The lowest BCUT2D eigenvalue weighted by Gasteiger charge is -2.11. The van der Waals surface area contributed by atoms with E-state index in [0.717, 1.165) is 11.6 Å². The smallest absolute Gasteiger partial charge is 0.333 e. The molecular weight excluding hydrogens is 216 g/mol. The molecule has 1 aromatic carbocycles. The second-order valence-corrected chi connectivity index (χ2v) is 5.15. The number of hydrogen-bond donors (Lipinski definition) is 0. The first kappa shape index (κ1) is 13.0. The standard InChI is InChI=1S/C13H18O2Si/c1-3-14-16(15-4-2)12-8-11-13-9-6-5-7-10-13/h5-7,9-10,16H,3-4,12H2,1-2H3. The Morgan fingerprint density at radius 2 is 1.69 bits per heavy atom. The van der Waals surface area contributed by atoms with Crippen molar-refractivity contribution in [2.75, 3.05) is 13.2 Å². The fraction of sp³-hybridized carbons (Fsp3) is 0.385. The van der Waals surface area contributed by atoms with Gasteiger partial charge in [0.25, 0.3) is 0 Å². The Bertz CT molecular complexity index is 334. The van der Waals surface area contributed by atoms with Gasteiger partial charge in [-0.3, -0.25) is 0 Å². The van der Waals surface area contributed by atoms with Crippen LogP contribution >= 0.6 is 0 Å². The fourth-order valence-corrected chi connectivity index (χ4v) is 2.64. The molecule has 0 aliphatic rings. The van der Waals surface area contributed by atoms with E-state index >= 15 is 0 Å². The van der Waals surface area contributed by atoms with E-state index in [1.165, 1.54) is 0 Å². The van der Waals surface area contributed by atoms with Crippen molar-refractivity contribution in [3.05, 3.63) is 35.9 Å². The van der Waals surface area contributed by atoms with E-state index in [1.54, 1.807) is 0 Å². The Hall–Kier alpha value is -1.08. The molecule has 0 bridgehead atoms. The van der Waals surface area contributed by atoms with Crippen LogP contribution in [0.1, 0.15) is 19.4 Å². The summed E-state index contributed by atoms with van der Waals surface area (Å²) < 4.78 is 11.1. The van der Waals surface area contributed by atoms with Crippen molar-refractivity contribution in [2.24, 2.45) is 0 Å². The second kappa shape index (κ2) is 8.11. The topological polar surface area (TPSA) is 18.5 Å². The van der Waals surface area contributed by atoms with Crippen LogP contribution in [-0.4, -0.2) is 22.5 Å². The largest absolute Gasteiger partial charge is 0.396 e. The molecule has 1 aromatic rings. The monoisotopic (exact) mass is 234 g/mol. The van der Waals surface area contributed by atoms with Crippen molar-refractivity contribution in [3.8, 4) is 11.8 Å². The van der Waals surface area contributed by atoms with Crippen LogP contribution < -0.4 is 0 Å². The molecular formula is C13H18O2Si. The third-order valence-electron chi connectivity index (χ3n) is 1.98. The van der Waals surface area contributed by atoms with Crippen molar-refractivity contribution >= 4 is 9.28 Å². The maximum absolute atomic E-state index is 5.53. The van der Waals surface area contributed by atoms with E-state index in [-0.39, 0.29) is 0 Å². The van der Waals surface area contributed by atoms with Gasteiger partial charge in [-0.05, 0) is 26.0 Å². The minimum atomic E-state index is -1.55. The molecule has 0 spiro atoms. The summed E-state index contributed by atoms with van der Waals surface area (Å²) in [4.78, 5) is 0. The first-order valence-electron chi connectivity index (χ1n) is 5.64. The van der Waals surface area contributed by atoms with Gasteiger partial charge in [0.1, 0.15) is 0 Å². The summed E-state index contributed by atoms with van der Waals surface area (Å²) in [6.45, 7) is 5.40. The van der Waals surface area contributed by atoms with Crippen molar-refractivity contribution in [1.82, 2.24) is 0 Å². The minimum absolute atomic E-state index is 0.712. The highest BCUT2D eigenvalue weighted by atomic mass is 28.3. The van der Waals surface area contributed by atoms with Gasteiger partial charge in [0.2, 0.25) is 0 Å². The van der Waals surface area contributed by atoms with E-state index in [4.69, 9.17) is 8.85 Å². The van der Waals surface area contributed by atoms with Gasteiger partial charge in [-0.25, -0.2) is 0 Å². The zero-order valence-electron chi connectivity index (χ0n) is 9.90. The highest BCUT2D eigenvalue weighted by Gasteiger charge is 2.09. The van der Waals surface area contributed by atoms with Crippen molar-refractivity contribution < 1.29 is 8.85 Å². The molecule has 16 heavy (non-hydrogen) atoms. The Morgan fingerprint density at radius 1 is 1.06 bits per heavy atom. The molecule has 0 heterocycles. The van der Waals surface area contributed by atoms with Gasteiger partial charge in [0, 0.05) is 18.8 Å². The lowest BCUT2D eigenvalue weighted by molar-refractivity contribution is 0.216. The lowest BCUT2D eigenvalue weighted by Crippen LogP contribution is -2.21. The van der Waals surface area contributed by atoms with Gasteiger partial charge in [-0.15, -0.1) is 0 Å². The molecule has 0 N–H and O–H groups in total. The van der Waals surface area contributed by atoms with Crippen LogP contribution in [0.2, 0.25) is 6.04 Å². The minimum Gasteiger partial charge on any atom is -0.396 e. The SMILES string of the molecule is CCO[SiH](CC#Cc1ccccc1)OCC. The van der Waals surface area contributed by atoms with E-state index in [0.29, 0.717) is 13.2 Å². The summed E-state index contributed by atoms with van der Waals surface area (Å²) in [7, 11) is -1.55. The van der Waals surface area contributed by atoms with Crippen LogP contribution in [0.5, 0.6) is 0 Å². The summed E-state index contributed by atoms with van der Waals surface area (Å²) in [5.41, 5.74) is 1.04. The molecule has 0 amide bonds. The molecule has 2 nitrogen and oxygen atoms in total. The Labute approximate surface area is 99.4 Å². The molecule has 0 aromatic heterocycles. The predicted molar refractivity (Wildman–Crippen MR) is 68.5 cm³/mol. The first-order chi connectivity index (χ1) is 7.86. The van der Waals surface area contributed by atoms with Crippen LogP contribution in [0.4, 0.5) is 0 Å². The molecule has 0 saturated carbocycles. The fourth-order valence-electron chi connectivity index (χ4n) is 1.30. The summed E-state index contributed by atoms with van der Waals surface area (Å²) in [6, 6.07) is 10.7. The first-order valence-corrected chi connectivity index (χ1v) is 7.39. The average molecular weight is 234 g/mol. The molecule has 86 valence electrons. The molecule has 0 atom stereocenters. The van der Waals surface area contributed by atoms with Crippen LogP contribution in [0.25, 0.3) is 0 Å². The van der Waals surface area contributed by atoms with Gasteiger partial charge in [0.15, 0.2) is 0 Å². The number of benzene rings is 1. The summed E-state index contributed by atoms with van der Waals surface area (Å²) in [5, 5.41) is 0. The highest BCUT2D eigenvalue weighted by Crippen LogP contribution is 1.98. The quantitative estimate of drug-likeness (QED) is 0.575. The van der Waals surface area contributed by atoms with Crippen LogP contribution in [0.15, 0.2) is 30.3 Å². The van der Waals surface area contributed by atoms with Crippen molar-refractivity contribution in [3.63, 3.8) is 0 Å². The average Bonchev–Trinajstić information content (AvgIpc) is 2.31. The van der Waals surface area contributed by atoms with E-state index < -0.39 is 9.28 Å². The summed E-state index contributed by atoms with van der Waals surface area (Å²) in [5.74, 6) is 6.25. The highest BCUT2D eigenvalue weighted by molar-refractivity contribution is 6.45. The molecule has 0 aliphatic heterocycles. The molecule has 0 saturated heterocycles. The van der Waals surface area contributed by atoms with E-state index in [1.807, 2.05) is 44.2 Å². The van der Waals surface area contributed by atoms with Crippen LogP contribution in [0.3, 0.4) is 0 Å². The molecule has 0 radical (unpaired) electrons. The Kier molecular flexibility index (Phi) is 6.58. The molecule has 0 aliphatic carbocycles. The molecule has 0 fully saturated rings. The maximum Gasteiger partial charge on any atom is 0.333 e. The molecule has 3 heteroatoms. The van der Waals surface area contributed by atoms with Gasteiger partial charge >= 0.3 is 9.28 Å². The Morgan fingerprint density at radius 3 is 2.25 bits per heavy atom. The molecule has 0 unspecified atom stereocenters. The predicted octanol–water partition coefficient (Wildman–Crippen LogP) is 2.33. The Balaban J connectivity index is 2.45. The zero-order valence-corrected chi connectivity index (χ0v) is 11.1. The maximum atomic E-state index is 5.53.